The predicted octanol–water partition coefficient (Wildman–Crippen LogP) is 2.65. The maximum atomic E-state index is 9.59. The van der Waals surface area contributed by atoms with Crippen molar-refractivity contribution in [2.24, 2.45) is 0 Å². The molecule has 2 atom stereocenters. The van der Waals surface area contributed by atoms with E-state index in [-0.39, 0.29) is 12.6 Å². The summed E-state index contributed by atoms with van der Waals surface area (Å²) in [5.74, 6) is 0. The Kier molecular flexibility index (Phi) is 4.87. The minimum Gasteiger partial charge on any atom is -0.395 e. The summed E-state index contributed by atoms with van der Waals surface area (Å²) in [6.07, 6.45) is 1.12. The largest absolute Gasteiger partial charge is 0.395 e. The Hall–Kier alpha value is -0.580. The molecule has 2 rings (SSSR count). The van der Waals surface area contributed by atoms with Crippen molar-refractivity contribution in [1.29, 1.82) is 0 Å². The Labute approximate surface area is 124 Å². The van der Waals surface area contributed by atoms with Crippen molar-refractivity contribution in [3.8, 4) is 0 Å². The molecule has 1 heterocycles. The van der Waals surface area contributed by atoms with Crippen LogP contribution in [0.1, 0.15) is 18.9 Å². The van der Waals surface area contributed by atoms with Gasteiger partial charge in [-0.25, -0.2) is 0 Å². The summed E-state index contributed by atoms with van der Waals surface area (Å²) in [7, 11) is 2.11. The zero-order valence-corrected chi connectivity index (χ0v) is 13.5. The van der Waals surface area contributed by atoms with Crippen LogP contribution < -0.4 is 4.90 Å². The first-order valence-electron chi connectivity index (χ1n) is 6.87. The number of likely N-dealkylation sites (N-methyl/N-ethyl adjacent to an activating group) is 1. The summed E-state index contributed by atoms with van der Waals surface area (Å²) >= 11 is 3.60. The van der Waals surface area contributed by atoms with Gasteiger partial charge in [0, 0.05) is 29.3 Å². The Morgan fingerprint density at radius 3 is 2.79 bits per heavy atom. The second kappa shape index (κ2) is 6.25. The number of aliphatic hydroxyl groups excluding tert-OH is 1. The summed E-state index contributed by atoms with van der Waals surface area (Å²) < 4.78 is 1.15. The first-order valence-corrected chi connectivity index (χ1v) is 7.66. The molecule has 1 aliphatic heterocycles. The maximum absolute atomic E-state index is 9.59. The normalized spacial score (nSPS) is 25.4. The fourth-order valence-corrected chi connectivity index (χ4v) is 2.95. The van der Waals surface area contributed by atoms with Crippen molar-refractivity contribution in [1.82, 2.24) is 4.90 Å². The van der Waals surface area contributed by atoms with Gasteiger partial charge in [0.05, 0.1) is 12.6 Å². The van der Waals surface area contributed by atoms with Crippen LogP contribution in [0.4, 0.5) is 5.69 Å². The lowest BCUT2D eigenvalue weighted by Crippen LogP contribution is -2.44. The standard InChI is InChI=1S/C15H23BrN2O/c1-11-4-5-13(8-15(11)16)18-7-6-12(2)17(3)14(9-18)10-19/h4-5,8,12,14,19H,6-7,9-10H2,1-3H3. The molecule has 0 aliphatic carbocycles. The van der Waals surface area contributed by atoms with E-state index in [1.54, 1.807) is 0 Å². The van der Waals surface area contributed by atoms with Gasteiger partial charge in [-0.15, -0.1) is 0 Å². The first kappa shape index (κ1) is 14.8. The van der Waals surface area contributed by atoms with E-state index in [4.69, 9.17) is 0 Å². The molecule has 1 aliphatic rings. The number of hydrogen-bond donors (Lipinski definition) is 1. The van der Waals surface area contributed by atoms with Gasteiger partial charge in [-0.05, 0) is 45.0 Å². The third-order valence-corrected chi connectivity index (χ3v) is 5.10. The summed E-state index contributed by atoms with van der Waals surface area (Å²) in [6, 6.07) is 7.21. The van der Waals surface area contributed by atoms with Gasteiger partial charge in [0.1, 0.15) is 0 Å². The number of hydrogen-bond acceptors (Lipinski definition) is 3. The molecule has 1 aromatic rings. The van der Waals surface area contributed by atoms with E-state index in [0.717, 1.165) is 24.0 Å². The van der Waals surface area contributed by atoms with Crippen LogP contribution in [0.3, 0.4) is 0 Å². The van der Waals surface area contributed by atoms with E-state index in [1.165, 1.54) is 11.3 Å². The molecule has 0 amide bonds. The number of anilines is 1. The van der Waals surface area contributed by atoms with E-state index in [1.807, 2.05) is 0 Å². The molecule has 19 heavy (non-hydrogen) atoms. The smallest absolute Gasteiger partial charge is 0.0604 e. The second-order valence-corrected chi connectivity index (χ2v) is 6.37. The van der Waals surface area contributed by atoms with E-state index in [0.29, 0.717) is 6.04 Å². The van der Waals surface area contributed by atoms with E-state index in [9.17, 15) is 5.11 Å². The molecule has 1 N–H and O–H groups in total. The third-order valence-electron chi connectivity index (χ3n) is 4.25. The summed E-state index contributed by atoms with van der Waals surface area (Å²) in [5.41, 5.74) is 2.49. The molecular weight excluding hydrogens is 304 g/mol. The lowest BCUT2D eigenvalue weighted by Gasteiger charge is -2.30. The zero-order chi connectivity index (χ0) is 14.0. The number of aryl methyl sites for hydroxylation is 1. The van der Waals surface area contributed by atoms with Crippen molar-refractivity contribution < 1.29 is 5.11 Å². The van der Waals surface area contributed by atoms with Crippen molar-refractivity contribution >= 4 is 21.6 Å². The van der Waals surface area contributed by atoms with Gasteiger partial charge in [0.2, 0.25) is 0 Å². The van der Waals surface area contributed by atoms with E-state index in [2.05, 4.69) is 64.8 Å². The lowest BCUT2D eigenvalue weighted by atomic mass is 10.2. The van der Waals surface area contributed by atoms with Crippen LogP contribution in [0.15, 0.2) is 22.7 Å². The molecule has 1 aromatic carbocycles. The monoisotopic (exact) mass is 326 g/mol. The van der Waals surface area contributed by atoms with Gasteiger partial charge in [-0.2, -0.15) is 0 Å². The van der Waals surface area contributed by atoms with Crippen molar-refractivity contribution in [3.63, 3.8) is 0 Å². The number of nitrogens with zero attached hydrogens (tertiary/aromatic N) is 2. The van der Waals surface area contributed by atoms with Gasteiger partial charge in [-0.3, -0.25) is 4.90 Å². The van der Waals surface area contributed by atoms with Gasteiger partial charge >= 0.3 is 0 Å². The van der Waals surface area contributed by atoms with Crippen molar-refractivity contribution in [2.75, 3.05) is 31.6 Å². The molecule has 1 saturated heterocycles. The molecule has 3 nitrogen and oxygen atoms in total. The fraction of sp³-hybridized carbons (Fsp3) is 0.600. The Morgan fingerprint density at radius 2 is 2.16 bits per heavy atom. The SMILES string of the molecule is Cc1ccc(N2CCC(C)N(C)C(CO)C2)cc1Br. The summed E-state index contributed by atoms with van der Waals surface area (Å²) in [4.78, 5) is 4.67. The highest BCUT2D eigenvalue weighted by atomic mass is 79.9. The van der Waals surface area contributed by atoms with Gasteiger partial charge in [-0.1, -0.05) is 22.0 Å². The van der Waals surface area contributed by atoms with Crippen molar-refractivity contribution in [3.05, 3.63) is 28.2 Å². The number of benzene rings is 1. The van der Waals surface area contributed by atoms with E-state index < -0.39 is 0 Å². The number of rotatable bonds is 2. The van der Waals surface area contributed by atoms with Crippen LogP contribution in [0.25, 0.3) is 0 Å². The minimum absolute atomic E-state index is 0.206. The van der Waals surface area contributed by atoms with Crippen molar-refractivity contribution in [2.45, 2.75) is 32.4 Å². The molecule has 0 bridgehead atoms. The maximum Gasteiger partial charge on any atom is 0.0604 e. The van der Waals surface area contributed by atoms with Gasteiger partial charge < -0.3 is 10.0 Å². The number of aliphatic hydroxyl groups is 1. The summed E-state index contributed by atoms with van der Waals surface area (Å²) in [6.45, 7) is 6.47. The average molecular weight is 327 g/mol. The van der Waals surface area contributed by atoms with E-state index >= 15 is 0 Å². The highest BCUT2D eigenvalue weighted by Gasteiger charge is 2.26. The first-order chi connectivity index (χ1) is 9.02. The highest BCUT2D eigenvalue weighted by Crippen LogP contribution is 2.26. The molecule has 0 radical (unpaired) electrons. The van der Waals surface area contributed by atoms with Crippen LogP contribution >= 0.6 is 15.9 Å². The molecule has 1 fully saturated rings. The Balaban J connectivity index is 2.21. The van der Waals surface area contributed by atoms with Gasteiger partial charge in [0.25, 0.3) is 0 Å². The minimum atomic E-state index is 0.206. The molecule has 106 valence electrons. The highest BCUT2D eigenvalue weighted by molar-refractivity contribution is 9.10. The number of halogens is 1. The molecule has 4 heteroatoms. The second-order valence-electron chi connectivity index (χ2n) is 5.52. The van der Waals surface area contributed by atoms with Crippen LogP contribution in [0.2, 0.25) is 0 Å². The van der Waals surface area contributed by atoms with Crippen LogP contribution in [-0.4, -0.2) is 48.8 Å². The van der Waals surface area contributed by atoms with Crippen LogP contribution in [-0.2, 0) is 0 Å². The van der Waals surface area contributed by atoms with Gasteiger partial charge in [0.15, 0.2) is 0 Å². The molecule has 0 aromatic heterocycles. The molecule has 0 saturated carbocycles. The third kappa shape index (κ3) is 3.30. The zero-order valence-electron chi connectivity index (χ0n) is 11.9. The molecular formula is C15H23BrN2O. The molecule has 0 spiro atoms. The lowest BCUT2D eigenvalue weighted by molar-refractivity contribution is 0.127. The summed E-state index contributed by atoms with van der Waals surface area (Å²) in [5, 5.41) is 9.59. The predicted molar refractivity (Wildman–Crippen MR) is 83.8 cm³/mol. The quantitative estimate of drug-likeness (QED) is 0.905. The van der Waals surface area contributed by atoms with Crippen LogP contribution in [0.5, 0.6) is 0 Å². The fourth-order valence-electron chi connectivity index (χ4n) is 2.58. The average Bonchev–Trinajstić information content (AvgIpc) is 2.54. The Morgan fingerprint density at radius 1 is 1.42 bits per heavy atom. The van der Waals surface area contributed by atoms with Crippen LogP contribution in [0, 0.1) is 6.92 Å². The Bertz CT molecular complexity index is 438. The molecule has 2 unspecified atom stereocenters. The topological polar surface area (TPSA) is 26.7 Å².